The third-order valence-electron chi connectivity index (χ3n) is 11.3. The molecule has 0 aliphatic heterocycles. The molecule has 0 heterocycles. The molecule has 5 aromatic carbocycles. The van der Waals surface area contributed by atoms with Gasteiger partial charge in [-0.1, -0.05) is 161 Å². The van der Waals surface area contributed by atoms with Crippen molar-refractivity contribution in [2.24, 2.45) is 22.2 Å². The summed E-state index contributed by atoms with van der Waals surface area (Å²) in [6, 6.07) is 44.1. The van der Waals surface area contributed by atoms with E-state index in [9.17, 15) is 4.79 Å². The number of esters is 2. The van der Waals surface area contributed by atoms with Gasteiger partial charge in [-0.3, -0.25) is 9.79 Å². The fraction of sp³-hybridized carbons (Fsp3) is 0.340. The lowest BCUT2D eigenvalue weighted by molar-refractivity contribution is -0.177. The van der Waals surface area contributed by atoms with Crippen LogP contribution in [0.4, 0.5) is 0 Å². The van der Waals surface area contributed by atoms with E-state index in [0.29, 0.717) is 23.6 Å². The smallest absolute Gasteiger partial charge is 0.340 e. The Morgan fingerprint density at radius 2 is 1.25 bits per heavy atom. The molecule has 1 aliphatic carbocycles. The van der Waals surface area contributed by atoms with Crippen LogP contribution in [-0.4, -0.2) is 30.4 Å². The van der Waals surface area contributed by atoms with Crippen LogP contribution in [0.2, 0.25) is 0 Å². The first kappa shape index (κ1) is 36.8. The van der Waals surface area contributed by atoms with Gasteiger partial charge in [0.15, 0.2) is 5.54 Å². The highest BCUT2D eigenvalue weighted by atomic mass is 16.6. The first-order chi connectivity index (χ1) is 25.0. The second-order valence-corrected chi connectivity index (χ2v) is 15.3. The zero-order valence-corrected chi connectivity index (χ0v) is 31.3. The Morgan fingerprint density at radius 1 is 0.692 bits per heavy atom. The van der Waals surface area contributed by atoms with Crippen molar-refractivity contribution in [1.82, 2.24) is 0 Å². The second kappa shape index (κ2) is 15.3. The fourth-order valence-corrected chi connectivity index (χ4v) is 8.27. The molecule has 5 aromatic rings. The zero-order valence-electron chi connectivity index (χ0n) is 31.3. The number of carbonyl (C=O) groups excluding carboxylic acids is 2. The highest BCUT2D eigenvalue weighted by molar-refractivity contribution is 6.14. The fourth-order valence-electron chi connectivity index (χ4n) is 8.27. The minimum absolute atomic E-state index is 0.0179. The number of benzene rings is 5. The average Bonchev–Trinajstić information content (AvgIpc) is 3.16. The van der Waals surface area contributed by atoms with Gasteiger partial charge in [0.25, 0.3) is 0 Å². The maximum atomic E-state index is 15.7. The Morgan fingerprint density at radius 3 is 1.87 bits per heavy atom. The number of hydrogen-bond donors (Lipinski definition) is 0. The van der Waals surface area contributed by atoms with Crippen LogP contribution in [0.3, 0.4) is 0 Å². The number of carbonyl (C=O) groups is 2. The lowest BCUT2D eigenvalue weighted by atomic mass is 9.63. The van der Waals surface area contributed by atoms with Crippen LogP contribution in [0.5, 0.6) is 0 Å². The van der Waals surface area contributed by atoms with Crippen molar-refractivity contribution in [1.29, 1.82) is 0 Å². The van der Waals surface area contributed by atoms with Crippen molar-refractivity contribution in [2.45, 2.75) is 77.9 Å². The number of aliphatic imine (C=N–C) groups is 1. The summed E-state index contributed by atoms with van der Waals surface area (Å²) in [5.74, 6) is -0.706. The Hall–Kier alpha value is -5.03. The Balaban J connectivity index is 1.56. The zero-order chi connectivity index (χ0) is 36.9. The summed E-state index contributed by atoms with van der Waals surface area (Å²) in [7, 11) is 0. The monoisotopic (exact) mass is 693 g/mol. The maximum Gasteiger partial charge on any atom is 0.340 e. The Labute approximate surface area is 309 Å². The van der Waals surface area contributed by atoms with E-state index in [4.69, 9.17) is 14.5 Å². The van der Waals surface area contributed by atoms with Gasteiger partial charge in [-0.25, -0.2) is 4.79 Å². The van der Waals surface area contributed by atoms with Gasteiger partial charge in [-0.2, -0.15) is 0 Å². The van der Waals surface area contributed by atoms with Crippen molar-refractivity contribution < 1.29 is 19.1 Å². The third-order valence-corrected chi connectivity index (χ3v) is 11.3. The molecule has 0 spiro atoms. The minimum Gasteiger partial charge on any atom is -0.465 e. The highest BCUT2D eigenvalue weighted by Crippen LogP contribution is 2.50. The lowest BCUT2D eigenvalue weighted by Crippen LogP contribution is -2.55. The van der Waals surface area contributed by atoms with Crippen LogP contribution < -0.4 is 0 Å². The quantitative estimate of drug-likeness (QED) is 0.102. The van der Waals surface area contributed by atoms with Crippen molar-refractivity contribution in [3.05, 3.63) is 156 Å². The van der Waals surface area contributed by atoms with E-state index in [-0.39, 0.29) is 17.9 Å². The van der Waals surface area contributed by atoms with E-state index in [1.165, 1.54) is 16.3 Å². The molecule has 52 heavy (non-hydrogen) atoms. The number of rotatable bonds is 11. The van der Waals surface area contributed by atoms with Gasteiger partial charge < -0.3 is 9.47 Å². The highest BCUT2D eigenvalue weighted by Gasteiger charge is 2.60. The molecule has 0 unspecified atom stereocenters. The maximum absolute atomic E-state index is 15.7. The Bertz CT molecular complexity index is 1970. The molecule has 0 aromatic heterocycles. The van der Waals surface area contributed by atoms with Gasteiger partial charge >= 0.3 is 11.9 Å². The van der Waals surface area contributed by atoms with E-state index in [1.807, 2.05) is 91.0 Å². The molecule has 268 valence electrons. The van der Waals surface area contributed by atoms with Crippen LogP contribution in [-0.2, 0) is 30.0 Å². The van der Waals surface area contributed by atoms with Gasteiger partial charge in [-0.15, -0.1) is 0 Å². The third kappa shape index (κ3) is 6.93. The Kier molecular flexibility index (Phi) is 10.8. The summed E-state index contributed by atoms with van der Waals surface area (Å²) < 4.78 is 12.7. The van der Waals surface area contributed by atoms with Gasteiger partial charge in [0.05, 0.1) is 12.3 Å². The topological polar surface area (TPSA) is 65.0 Å². The van der Waals surface area contributed by atoms with E-state index in [2.05, 4.69) is 63.2 Å². The molecule has 0 amide bonds. The summed E-state index contributed by atoms with van der Waals surface area (Å²) in [6.45, 7) is 12.3. The van der Waals surface area contributed by atoms with Gasteiger partial charge in [-0.05, 0) is 66.8 Å². The van der Waals surface area contributed by atoms with Crippen molar-refractivity contribution in [3.8, 4) is 0 Å². The molecular formula is C47H51NO4. The standard InChI is InChI=1S/C47H51NO4/c1-7-51-43(49)46(5,6)47(37-26-15-10-16-27-37,48-42(35-21-11-8-12-22-35)36-23-13-9-14-24-36)44(50)52-41-32-33(2)30-31-40(41)45(3,4)39-29-19-25-34-20-17-18-28-38(34)39/h8-29,33,40-41H,7,30-32H2,1-6H3/t33-,40-,41-,47-/m1/s1. The van der Waals surface area contributed by atoms with Crippen molar-refractivity contribution in [2.75, 3.05) is 6.61 Å². The summed E-state index contributed by atoms with van der Waals surface area (Å²) in [5.41, 5.74) is 0.417. The predicted octanol–water partition coefficient (Wildman–Crippen LogP) is 10.5. The molecule has 1 aliphatic rings. The molecule has 1 fully saturated rings. The largest absolute Gasteiger partial charge is 0.465 e. The number of hydrogen-bond acceptors (Lipinski definition) is 5. The van der Waals surface area contributed by atoms with Gasteiger partial charge in [0.2, 0.25) is 0 Å². The van der Waals surface area contributed by atoms with Crippen molar-refractivity contribution >= 4 is 28.4 Å². The molecule has 4 atom stereocenters. The summed E-state index contributed by atoms with van der Waals surface area (Å²) in [6.07, 6.45) is 2.23. The number of nitrogens with zero attached hydrogens (tertiary/aromatic N) is 1. The summed E-state index contributed by atoms with van der Waals surface area (Å²) >= 11 is 0. The normalized spacial score (nSPS) is 18.9. The number of ether oxygens (including phenoxy) is 2. The number of fused-ring (bicyclic) bond motifs is 1. The SMILES string of the molecule is CCOC(=O)C(C)(C)[C@](N=C(c1ccccc1)c1ccccc1)(C(=O)O[C@@H]1C[C@H](C)CC[C@H]1C(C)(C)c1cccc2ccccc12)c1ccccc1. The molecule has 0 radical (unpaired) electrons. The van der Waals surface area contributed by atoms with Crippen LogP contribution in [0.15, 0.2) is 138 Å². The molecule has 0 bridgehead atoms. The van der Waals surface area contributed by atoms with E-state index in [1.54, 1.807) is 20.8 Å². The predicted molar refractivity (Wildman–Crippen MR) is 210 cm³/mol. The summed E-state index contributed by atoms with van der Waals surface area (Å²) in [5, 5.41) is 2.40. The first-order valence-corrected chi connectivity index (χ1v) is 18.6. The van der Waals surface area contributed by atoms with E-state index in [0.717, 1.165) is 24.0 Å². The van der Waals surface area contributed by atoms with E-state index >= 15 is 4.79 Å². The molecule has 0 N–H and O–H groups in total. The van der Waals surface area contributed by atoms with Gasteiger partial charge in [0.1, 0.15) is 11.5 Å². The summed E-state index contributed by atoms with van der Waals surface area (Å²) in [4.78, 5) is 35.4. The molecule has 0 saturated heterocycles. The van der Waals surface area contributed by atoms with E-state index < -0.39 is 29.0 Å². The van der Waals surface area contributed by atoms with Crippen LogP contribution in [0.25, 0.3) is 10.8 Å². The average molecular weight is 694 g/mol. The minimum atomic E-state index is -1.81. The molecule has 5 heteroatoms. The molecule has 1 saturated carbocycles. The van der Waals surface area contributed by atoms with Crippen LogP contribution in [0, 0.1) is 17.3 Å². The van der Waals surface area contributed by atoms with Crippen LogP contribution in [0.1, 0.15) is 83.1 Å². The molecular weight excluding hydrogens is 643 g/mol. The second-order valence-electron chi connectivity index (χ2n) is 15.3. The lowest BCUT2D eigenvalue weighted by Gasteiger charge is -2.46. The van der Waals surface area contributed by atoms with Gasteiger partial charge in [0, 0.05) is 17.0 Å². The van der Waals surface area contributed by atoms with Crippen molar-refractivity contribution in [3.63, 3.8) is 0 Å². The van der Waals surface area contributed by atoms with Crippen LogP contribution >= 0.6 is 0 Å². The molecule has 6 rings (SSSR count). The molecule has 5 nitrogen and oxygen atoms in total. The first-order valence-electron chi connectivity index (χ1n) is 18.6.